The first-order valence-electron chi connectivity index (χ1n) is 6.09. The molecule has 0 spiro atoms. The number of para-hydroxylation sites is 1. The Morgan fingerprint density at radius 3 is 2.89 bits per heavy atom. The van der Waals surface area contributed by atoms with E-state index in [0.29, 0.717) is 11.3 Å². The van der Waals surface area contributed by atoms with Crippen molar-refractivity contribution in [1.29, 1.82) is 0 Å². The molecule has 19 heavy (non-hydrogen) atoms. The Balaban J connectivity index is 2.22. The van der Waals surface area contributed by atoms with E-state index in [-0.39, 0.29) is 11.7 Å². The first kappa shape index (κ1) is 13.7. The van der Waals surface area contributed by atoms with Gasteiger partial charge in [-0.25, -0.2) is 0 Å². The minimum atomic E-state index is -0.391. The van der Waals surface area contributed by atoms with Gasteiger partial charge in [0.2, 0.25) is 5.91 Å². The molecule has 5 nitrogen and oxygen atoms in total. The minimum absolute atomic E-state index is 0.0138. The third kappa shape index (κ3) is 2.84. The Morgan fingerprint density at radius 2 is 2.26 bits per heavy atom. The topological polar surface area (TPSA) is 87.7 Å². The normalized spacial score (nSPS) is 23.3. The molecular formula is C13H17N3O2S. The summed E-state index contributed by atoms with van der Waals surface area (Å²) >= 11 is 1.67. The van der Waals surface area contributed by atoms with E-state index in [1.54, 1.807) is 36.0 Å². The highest BCUT2D eigenvalue weighted by Crippen LogP contribution is 2.38. The number of nitrogens with zero attached hydrogens (tertiary/aromatic N) is 1. The summed E-state index contributed by atoms with van der Waals surface area (Å²) < 4.78 is -0.391. The maximum Gasteiger partial charge on any atom is 0.240 e. The van der Waals surface area contributed by atoms with Crippen LogP contribution >= 0.6 is 11.8 Å². The van der Waals surface area contributed by atoms with E-state index in [9.17, 15) is 4.79 Å². The highest BCUT2D eigenvalue weighted by Gasteiger charge is 2.37. The average molecular weight is 279 g/mol. The lowest BCUT2D eigenvalue weighted by atomic mass is 10.0. The molecule has 0 bridgehead atoms. The first-order chi connectivity index (χ1) is 9.07. The monoisotopic (exact) mass is 279 g/mol. The number of carbonyl (C=O) groups excluding carboxylic acids is 1. The van der Waals surface area contributed by atoms with Gasteiger partial charge in [-0.1, -0.05) is 17.3 Å². The van der Waals surface area contributed by atoms with Crippen LogP contribution in [0.25, 0.3) is 0 Å². The smallest absolute Gasteiger partial charge is 0.240 e. The third-order valence-corrected chi connectivity index (χ3v) is 4.78. The standard InChI is InChI=1S/C13H17N3O2S/c1-13(7-4-8-19-13)12(17)15-10-6-3-2-5-9(10)11(14)16-18/h2-3,5-6,18H,4,7-8H2,1H3,(H2,14,16)(H,15,17). The Morgan fingerprint density at radius 1 is 1.53 bits per heavy atom. The molecule has 1 fully saturated rings. The summed E-state index contributed by atoms with van der Waals surface area (Å²) in [6.45, 7) is 1.95. The van der Waals surface area contributed by atoms with E-state index in [0.717, 1.165) is 18.6 Å². The molecule has 1 aromatic carbocycles. The zero-order chi connectivity index (χ0) is 13.9. The summed E-state index contributed by atoms with van der Waals surface area (Å²) in [7, 11) is 0. The molecule has 4 N–H and O–H groups in total. The van der Waals surface area contributed by atoms with Crippen molar-refractivity contribution in [3.63, 3.8) is 0 Å². The molecule has 0 radical (unpaired) electrons. The van der Waals surface area contributed by atoms with Crippen LogP contribution in [-0.4, -0.2) is 27.4 Å². The number of benzene rings is 1. The van der Waals surface area contributed by atoms with Crippen LogP contribution in [0.1, 0.15) is 25.3 Å². The van der Waals surface area contributed by atoms with Gasteiger partial charge in [-0.05, 0) is 37.7 Å². The quantitative estimate of drug-likeness (QED) is 0.342. The molecular weight excluding hydrogens is 262 g/mol. The number of rotatable bonds is 3. The number of amides is 1. The number of hydrogen-bond acceptors (Lipinski definition) is 4. The average Bonchev–Trinajstić information content (AvgIpc) is 2.87. The second-order valence-electron chi connectivity index (χ2n) is 4.67. The number of carbonyl (C=O) groups is 1. The van der Waals surface area contributed by atoms with Gasteiger partial charge in [0, 0.05) is 5.56 Å². The predicted octanol–water partition coefficient (Wildman–Crippen LogP) is 2.01. The van der Waals surface area contributed by atoms with Gasteiger partial charge in [-0.2, -0.15) is 0 Å². The summed E-state index contributed by atoms with van der Waals surface area (Å²) in [5.41, 5.74) is 6.69. The van der Waals surface area contributed by atoms with E-state index in [4.69, 9.17) is 10.9 Å². The Labute approximate surface area is 116 Å². The lowest BCUT2D eigenvalue weighted by Gasteiger charge is -2.22. The number of thioether (sulfide) groups is 1. The minimum Gasteiger partial charge on any atom is -0.409 e. The second-order valence-corrected chi connectivity index (χ2v) is 6.27. The van der Waals surface area contributed by atoms with E-state index in [1.807, 2.05) is 6.92 Å². The van der Waals surface area contributed by atoms with Gasteiger partial charge < -0.3 is 16.3 Å². The fraction of sp³-hybridized carbons (Fsp3) is 0.385. The Hall–Kier alpha value is -1.69. The van der Waals surface area contributed by atoms with Gasteiger partial charge in [0.1, 0.15) is 0 Å². The fourth-order valence-corrected chi connectivity index (χ4v) is 3.29. The number of nitrogens with one attached hydrogen (secondary N) is 1. The van der Waals surface area contributed by atoms with Crippen molar-refractivity contribution < 1.29 is 10.0 Å². The van der Waals surface area contributed by atoms with Crippen LogP contribution in [0, 0.1) is 0 Å². The van der Waals surface area contributed by atoms with Crippen LogP contribution in [0.3, 0.4) is 0 Å². The molecule has 102 valence electrons. The van der Waals surface area contributed by atoms with Gasteiger partial charge in [-0.15, -0.1) is 11.8 Å². The highest BCUT2D eigenvalue weighted by molar-refractivity contribution is 8.01. The molecule has 0 saturated carbocycles. The maximum atomic E-state index is 12.3. The van der Waals surface area contributed by atoms with Crippen LogP contribution in [0.4, 0.5) is 5.69 Å². The molecule has 1 saturated heterocycles. The molecule has 1 atom stereocenters. The zero-order valence-corrected chi connectivity index (χ0v) is 11.5. The predicted molar refractivity (Wildman–Crippen MR) is 77.7 cm³/mol. The molecule has 6 heteroatoms. The number of anilines is 1. The summed E-state index contributed by atoms with van der Waals surface area (Å²) in [4.78, 5) is 12.3. The molecule has 0 aliphatic carbocycles. The second kappa shape index (κ2) is 5.52. The summed E-state index contributed by atoms with van der Waals surface area (Å²) in [6.07, 6.45) is 1.92. The fourth-order valence-electron chi connectivity index (χ4n) is 2.08. The zero-order valence-electron chi connectivity index (χ0n) is 10.7. The summed E-state index contributed by atoms with van der Waals surface area (Å²) in [6, 6.07) is 7.02. The van der Waals surface area contributed by atoms with Crippen molar-refractivity contribution in [1.82, 2.24) is 0 Å². The van der Waals surface area contributed by atoms with Gasteiger partial charge in [0.15, 0.2) is 5.84 Å². The molecule has 0 aromatic heterocycles. The SMILES string of the molecule is CC1(C(=O)Nc2ccccc2/C(N)=N/O)CCCS1. The van der Waals surface area contributed by atoms with E-state index < -0.39 is 4.75 Å². The van der Waals surface area contributed by atoms with Crippen molar-refractivity contribution in [3.8, 4) is 0 Å². The maximum absolute atomic E-state index is 12.3. The van der Waals surface area contributed by atoms with Gasteiger partial charge >= 0.3 is 0 Å². The van der Waals surface area contributed by atoms with E-state index in [2.05, 4.69) is 10.5 Å². The van der Waals surface area contributed by atoms with Crippen molar-refractivity contribution in [3.05, 3.63) is 29.8 Å². The van der Waals surface area contributed by atoms with Gasteiger partial charge in [-0.3, -0.25) is 4.79 Å². The van der Waals surface area contributed by atoms with E-state index in [1.165, 1.54) is 0 Å². The molecule has 1 aromatic rings. The molecule has 1 aliphatic heterocycles. The molecule has 1 heterocycles. The van der Waals surface area contributed by atoms with Crippen molar-refractivity contribution >= 4 is 29.2 Å². The Kier molecular flexibility index (Phi) is 3.99. The Bertz CT molecular complexity index is 510. The number of oxime groups is 1. The van der Waals surface area contributed by atoms with Crippen LogP contribution in [0.15, 0.2) is 29.4 Å². The summed E-state index contributed by atoms with van der Waals surface area (Å²) in [5, 5.41) is 14.6. The molecule has 2 rings (SSSR count). The molecule has 1 amide bonds. The number of nitrogens with two attached hydrogens (primary N) is 1. The van der Waals surface area contributed by atoms with Crippen LogP contribution in [-0.2, 0) is 4.79 Å². The van der Waals surface area contributed by atoms with Crippen LogP contribution in [0.5, 0.6) is 0 Å². The van der Waals surface area contributed by atoms with Gasteiger partial charge in [0.05, 0.1) is 10.4 Å². The lowest BCUT2D eigenvalue weighted by Crippen LogP contribution is -2.35. The van der Waals surface area contributed by atoms with Crippen molar-refractivity contribution in [2.75, 3.05) is 11.1 Å². The van der Waals surface area contributed by atoms with Crippen LogP contribution in [0.2, 0.25) is 0 Å². The van der Waals surface area contributed by atoms with Crippen molar-refractivity contribution in [2.45, 2.75) is 24.5 Å². The van der Waals surface area contributed by atoms with Crippen LogP contribution < -0.4 is 11.1 Å². The highest BCUT2D eigenvalue weighted by atomic mass is 32.2. The lowest BCUT2D eigenvalue weighted by molar-refractivity contribution is -0.118. The number of amidine groups is 1. The van der Waals surface area contributed by atoms with Crippen molar-refractivity contribution in [2.24, 2.45) is 10.9 Å². The summed E-state index contributed by atoms with van der Waals surface area (Å²) in [5.74, 6) is 0.958. The van der Waals surface area contributed by atoms with E-state index >= 15 is 0 Å². The molecule has 1 aliphatic rings. The molecule has 1 unspecified atom stereocenters. The van der Waals surface area contributed by atoms with Gasteiger partial charge in [0.25, 0.3) is 0 Å². The first-order valence-corrected chi connectivity index (χ1v) is 7.08. The third-order valence-electron chi connectivity index (χ3n) is 3.26. The number of hydrogen-bond donors (Lipinski definition) is 3. The largest absolute Gasteiger partial charge is 0.409 e.